The van der Waals surface area contributed by atoms with E-state index in [1.165, 1.54) is 6.42 Å². The molecule has 1 heterocycles. The van der Waals surface area contributed by atoms with E-state index in [0.717, 1.165) is 31.4 Å². The summed E-state index contributed by atoms with van der Waals surface area (Å²) in [6.45, 7) is 1.64. The third kappa shape index (κ3) is 3.69. The number of nitrogens with two attached hydrogens (primary N) is 1. The molecule has 0 amide bonds. The van der Waals surface area contributed by atoms with Crippen LogP contribution in [0, 0.1) is 0 Å². The van der Waals surface area contributed by atoms with E-state index in [1.54, 1.807) is 0 Å². The first-order chi connectivity index (χ1) is 9.22. The lowest BCUT2D eigenvalue weighted by atomic mass is 10.1. The van der Waals surface area contributed by atoms with Gasteiger partial charge in [-0.1, -0.05) is 31.0 Å². The van der Waals surface area contributed by atoms with E-state index in [4.69, 9.17) is 5.73 Å². The molecule has 1 aliphatic heterocycles. The number of nitrogen functional groups attached to an aromatic ring is 1. The highest BCUT2D eigenvalue weighted by Gasteiger charge is 2.23. The van der Waals surface area contributed by atoms with Crippen LogP contribution in [0.5, 0.6) is 0 Å². The molecule has 19 heavy (non-hydrogen) atoms. The number of hydrogen-bond acceptors (Lipinski definition) is 4. The first kappa shape index (κ1) is 14.3. The Morgan fingerprint density at radius 3 is 2.79 bits per heavy atom. The maximum absolute atomic E-state index is 10.4. The van der Waals surface area contributed by atoms with Crippen molar-refractivity contribution < 1.29 is 10.2 Å². The molecular weight excluding hydrogens is 240 g/mol. The van der Waals surface area contributed by atoms with Gasteiger partial charge in [-0.05, 0) is 25.5 Å². The summed E-state index contributed by atoms with van der Waals surface area (Å²) in [7, 11) is 0. The normalized spacial score (nSPS) is 22.9. The molecule has 2 unspecified atom stereocenters. The Bertz CT molecular complexity index is 397. The summed E-state index contributed by atoms with van der Waals surface area (Å²) in [5, 5.41) is 19.8. The number of nitrogens with zero attached hydrogens (tertiary/aromatic N) is 1. The number of likely N-dealkylation sites (tertiary alicyclic amines) is 1. The Labute approximate surface area is 114 Å². The molecule has 1 aliphatic rings. The van der Waals surface area contributed by atoms with Crippen LogP contribution in [-0.2, 0) is 0 Å². The summed E-state index contributed by atoms with van der Waals surface area (Å²) < 4.78 is 0. The number of para-hydroxylation sites is 1. The van der Waals surface area contributed by atoms with E-state index in [1.807, 2.05) is 24.3 Å². The zero-order valence-electron chi connectivity index (χ0n) is 11.3. The molecule has 106 valence electrons. The molecule has 0 aromatic heterocycles. The second kappa shape index (κ2) is 6.89. The smallest absolute Gasteiger partial charge is 0.0936 e. The summed E-state index contributed by atoms with van der Waals surface area (Å²) in [5.41, 5.74) is 7.31. The molecular formula is C15H24N2O2. The van der Waals surface area contributed by atoms with Gasteiger partial charge < -0.3 is 15.9 Å². The summed E-state index contributed by atoms with van der Waals surface area (Å²) >= 11 is 0. The van der Waals surface area contributed by atoms with Gasteiger partial charge in [0.25, 0.3) is 0 Å². The average molecular weight is 264 g/mol. The molecule has 0 aliphatic carbocycles. The molecule has 4 heteroatoms. The molecule has 0 saturated carbocycles. The molecule has 2 rings (SSSR count). The fourth-order valence-electron chi connectivity index (χ4n) is 2.82. The van der Waals surface area contributed by atoms with Gasteiger partial charge in [0, 0.05) is 23.8 Å². The molecule has 1 aromatic carbocycles. The van der Waals surface area contributed by atoms with E-state index >= 15 is 0 Å². The second-order valence-electron chi connectivity index (χ2n) is 5.33. The maximum Gasteiger partial charge on any atom is 0.0936 e. The van der Waals surface area contributed by atoms with Crippen LogP contribution >= 0.6 is 0 Å². The van der Waals surface area contributed by atoms with E-state index in [-0.39, 0.29) is 12.6 Å². The van der Waals surface area contributed by atoms with E-state index in [0.29, 0.717) is 12.2 Å². The van der Waals surface area contributed by atoms with Crippen molar-refractivity contribution in [2.45, 2.75) is 37.8 Å². The molecule has 1 saturated heterocycles. The van der Waals surface area contributed by atoms with Gasteiger partial charge in [-0.15, -0.1) is 0 Å². The quantitative estimate of drug-likeness (QED) is 0.722. The zero-order valence-corrected chi connectivity index (χ0v) is 11.3. The van der Waals surface area contributed by atoms with Crippen LogP contribution in [0.1, 0.15) is 37.4 Å². The Hall–Kier alpha value is -1.10. The lowest BCUT2D eigenvalue weighted by Gasteiger charge is -2.30. The van der Waals surface area contributed by atoms with Gasteiger partial charge in [0.1, 0.15) is 0 Å². The minimum atomic E-state index is -0.589. The molecule has 0 spiro atoms. The number of hydrogen-bond donors (Lipinski definition) is 3. The van der Waals surface area contributed by atoms with Crippen LogP contribution in [0.25, 0.3) is 0 Å². The van der Waals surface area contributed by atoms with Crippen molar-refractivity contribution in [3.05, 3.63) is 29.8 Å². The SMILES string of the molecule is Nc1ccccc1C(O)CN1CCCCCC1CO. The summed E-state index contributed by atoms with van der Waals surface area (Å²) in [5.74, 6) is 0. The van der Waals surface area contributed by atoms with Crippen LogP contribution in [0.3, 0.4) is 0 Å². The maximum atomic E-state index is 10.4. The fraction of sp³-hybridized carbons (Fsp3) is 0.600. The zero-order chi connectivity index (χ0) is 13.7. The Kier molecular flexibility index (Phi) is 5.19. The minimum Gasteiger partial charge on any atom is -0.398 e. The van der Waals surface area contributed by atoms with Gasteiger partial charge >= 0.3 is 0 Å². The highest BCUT2D eigenvalue weighted by molar-refractivity contribution is 5.47. The molecule has 4 nitrogen and oxygen atoms in total. The number of rotatable bonds is 4. The Morgan fingerprint density at radius 1 is 1.26 bits per heavy atom. The van der Waals surface area contributed by atoms with E-state index in [9.17, 15) is 10.2 Å². The van der Waals surface area contributed by atoms with Crippen molar-refractivity contribution in [2.75, 3.05) is 25.4 Å². The number of benzene rings is 1. The third-order valence-electron chi connectivity index (χ3n) is 3.97. The van der Waals surface area contributed by atoms with Gasteiger partial charge in [0.2, 0.25) is 0 Å². The molecule has 1 fully saturated rings. The third-order valence-corrected chi connectivity index (χ3v) is 3.97. The fourth-order valence-corrected chi connectivity index (χ4v) is 2.82. The molecule has 4 N–H and O–H groups in total. The van der Waals surface area contributed by atoms with Crippen molar-refractivity contribution in [3.63, 3.8) is 0 Å². The second-order valence-corrected chi connectivity index (χ2v) is 5.33. The van der Waals surface area contributed by atoms with Crippen molar-refractivity contribution >= 4 is 5.69 Å². The van der Waals surface area contributed by atoms with Crippen LogP contribution in [-0.4, -0.2) is 40.9 Å². The van der Waals surface area contributed by atoms with Crippen LogP contribution in [0.2, 0.25) is 0 Å². The average Bonchev–Trinajstić information content (AvgIpc) is 2.64. The Morgan fingerprint density at radius 2 is 2.05 bits per heavy atom. The highest BCUT2D eigenvalue weighted by atomic mass is 16.3. The van der Waals surface area contributed by atoms with Crippen LogP contribution in [0.15, 0.2) is 24.3 Å². The highest BCUT2D eigenvalue weighted by Crippen LogP contribution is 2.24. The summed E-state index contributed by atoms with van der Waals surface area (Å²) in [6, 6.07) is 7.60. The van der Waals surface area contributed by atoms with Gasteiger partial charge in [0.05, 0.1) is 12.7 Å². The summed E-state index contributed by atoms with van der Waals surface area (Å²) in [6.07, 6.45) is 3.91. The van der Waals surface area contributed by atoms with Crippen molar-refractivity contribution in [1.29, 1.82) is 0 Å². The molecule has 0 radical (unpaired) electrons. The van der Waals surface area contributed by atoms with Gasteiger partial charge in [0.15, 0.2) is 0 Å². The number of aliphatic hydroxyl groups is 2. The first-order valence-corrected chi connectivity index (χ1v) is 7.09. The lowest BCUT2D eigenvalue weighted by molar-refractivity contribution is 0.0640. The predicted molar refractivity (Wildman–Crippen MR) is 76.7 cm³/mol. The predicted octanol–water partition coefficient (Wildman–Crippen LogP) is 1.54. The van der Waals surface area contributed by atoms with E-state index in [2.05, 4.69) is 4.90 Å². The Balaban J connectivity index is 2.04. The standard InChI is InChI=1S/C15H24N2O2/c16-14-8-4-3-7-13(14)15(19)10-17-9-5-1-2-6-12(17)11-18/h3-4,7-8,12,15,18-19H,1-2,5-6,9-11,16H2. The minimum absolute atomic E-state index is 0.164. The first-order valence-electron chi connectivity index (χ1n) is 7.09. The lowest BCUT2D eigenvalue weighted by Crippen LogP contribution is -2.40. The van der Waals surface area contributed by atoms with Gasteiger partial charge in [-0.3, -0.25) is 4.90 Å². The monoisotopic (exact) mass is 264 g/mol. The largest absolute Gasteiger partial charge is 0.398 e. The number of aliphatic hydroxyl groups excluding tert-OH is 2. The molecule has 1 aromatic rings. The number of anilines is 1. The topological polar surface area (TPSA) is 69.7 Å². The van der Waals surface area contributed by atoms with Crippen molar-refractivity contribution in [2.24, 2.45) is 0 Å². The van der Waals surface area contributed by atoms with Crippen LogP contribution in [0.4, 0.5) is 5.69 Å². The summed E-state index contributed by atoms with van der Waals surface area (Å²) in [4.78, 5) is 2.20. The van der Waals surface area contributed by atoms with E-state index < -0.39 is 6.10 Å². The van der Waals surface area contributed by atoms with Crippen LogP contribution < -0.4 is 5.73 Å². The number of β-amino-alcohol motifs (C(OH)–C–C–N with tert-alkyl or cyclic N) is 1. The molecule has 2 atom stereocenters. The van der Waals surface area contributed by atoms with Gasteiger partial charge in [-0.2, -0.15) is 0 Å². The van der Waals surface area contributed by atoms with Crippen molar-refractivity contribution in [1.82, 2.24) is 4.90 Å². The van der Waals surface area contributed by atoms with Crippen molar-refractivity contribution in [3.8, 4) is 0 Å². The molecule has 0 bridgehead atoms. The van der Waals surface area contributed by atoms with Gasteiger partial charge in [-0.25, -0.2) is 0 Å².